The summed E-state index contributed by atoms with van der Waals surface area (Å²) in [5.74, 6) is 0.907. The van der Waals surface area contributed by atoms with E-state index >= 15 is 0 Å². The second-order valence-corrected chi connectivity index (χ2v) is 5.15. The van der Waals surface area contributed by atoms with Gasteiger partial charge >= 0.3 is 0 Å². The summed E-state index contributed by atoms with van der Waals surface area (Å²) in [5.41, 5.74) is 8.77. The molecule has 3 heteroatoms. The molecule has 0 radical (unpaired) electrons. The van der Waals surface area contributed by atoms with Gasteiger partial charge in [0, 0.05) is 19.1 Å². The number of ether oxygens (including phenoxy) is 2. The standard InChI is InChI=1S/C15H23NO2/c1-17-10-12-5-6-13(18-2)9-14(12)15(11-16)7-3-4-8-15/h5-6,9H,3-4,7-8,10-11,16H2,1-2H3. The van der Waals surface area contributed by atoms with Gasteiger partial charge in [-0.15, -0.1) is 0 Å². The monoisotopic (exact) mass is 249 g/mol. The topological polar surface area (TPSA) is 44.5 Å². The fourth-order valence-electron chi connectivity index (χ4n) is 3.09. The van der Waals surface area contributed by atoms with Crippen molar-refractivity contribution in [2.24, 2.45) is 5.73 Å². The summed E-state index contributed by atoms with van der Waals surface area (Å²) < 4.78 is 10.7. The van der Waals surface area contributed by atoms with Crippen LogP contribution in [0.2, 0.25) is 0 Å². The van der Waals surface area contributed by atoms with Crippen molar-refractivity contribution in [2.75, 3.05) is 20.8 Å². The molecule has 1 aliphatic rings. The zero-order valence-corrected chi connectivity index (χ0v) is 11.4. The Hall–Kier alpha value is -1.06. The third kappa shape index (κ3) is 2.38. The van der Waals surface area contributed by atoms with E-state index in [9.17, 15) is 0 Å². The molecule has 1 saturated carbocycles. The Balaban J connectivity index is 2.44. The molecule has 1 fully saturated rings. The zero-order chi connectivity index (χ0) is 13.0. The first kappa shape index (κ1) is 13.4. The summed E-state index contributed by atoms with van der Waals surface area (Å²) in [6.45, 7) is 1.35. The summed E-state index contributed by atoms with van der Waals surface area (Å²) in [6, 6.07) is 6.25. The fraction of sp³-hybridized carbons (Fsp3) is 0.600. The van der Waals surface area contributed by atoms with Crippen LogP contribution in [-0.4, -0.2) is 20.8 Å². The highest BCUT2D eigenvalue weighted by Crippen LogP contribution is 2.42. The van der Waals surface area contributed by atoms with Gasteiger partial charge in [0.25, 0.3) is 0 Å². The Morgan fingerprint density at radius 3 is 2.50 bits per heavy atom. The Labute approximate surface area is 109 Å². The van der Waals surface area contributed by atoms with Crippen LogP contribution in [0.3, 0.4) is 0 Å². The number of rotatable bonds is 5. The summed E-state index contributed by atoms with van der Waals surface area (Å²) in [4.78, 5) is 0. The molecule has 100 valence electrons. The molecule has 0 atom stereocenters. The lowest BCUT2D eigenvalue weighted by molar-refractivity contribution is 0.182. The third-order valence-electron chi connectivity index (χ3n) is 4.14. The number of benzene rings is 1. The Morgan fingerprint density at radius 2 is 1.94 bits per heavy atom. The second kappa shape index (κ2) is 5.72. The molecule has 0 bridgehead atoms. The molecule has 0 aromatic heterocycles. The predicted molar refractivity (Wildman–Crippen MR) is 72.9 cm³/mol. The molecule has 3 nitrogen and oxygen atoms in total. The molecular formula is C15H23NO2. The SMILES string of the molecule is COCc1ccc(OC)cc1C1(CN)CCCC1. The largest absolute Gasteiger partial charge is 0.497 e. The molecule has 0 aliphatic heterocycles. The molecule has 18 heavy (non-hydrogen) atoms. The smallest absolute Gasteiger partial charge is 0.119 e. The van der Waals surface area contributed by atoms with Gasteiger partial charge < -0.3 is 15.2 Å². The second-order valence-electron chi connectivity index (χ2n) is 5.15. The van der Waals surface area contributed by atoms with E-state index in [4.69, 9.17) is 15.2 Å². The van der Waals surface area contributed by atoms with E-state index in [2.05, 4.69) is 12.1 Å². The molecule has 0 spiro atoms. The van der Waals surface area contributed by atoms with Gasteiger partial charge in [0.1, 0.15) is 5.75 Å². The Kier molecular flexibility index (Phi) is 4.25. The minimum absolute atomic E-state index is 0.127. The lowest BCUT2D eigenvalue weighted by Gasteiger charge is -2.30. The van der Waals surface area contributed by atoms with E-state index in [-0.39, 0.29) is 5.41 Å². The summed E-state index contributed by atoms with van der Waals surface area (Å²) >= 11 is 0. The first-order valence-electron chi connectivity index (χ1n) is 6.62. The Bertz CT molecular complexity index is 397. The number of hydrogen-bond acceptors (Lipinski definition) is 3. The highest BCUT2D eigenvalue weighted by molar-refractivity contribution is 5.41. The normalized spacial score (nSPS) is 17.9. The average molecular weight is 249 g/mol. The first-order chi connectivity index (χ1) is 8.75. The van der Waals surface area contributed by atoms with Crippen molar-refractivity contribution in [3.05, 3.63) is 29.3 Å². The van der Waals surface area contributed by atoms with E-state index in [0.717, 1.165) is 5.75 Å². The van der Waals surface area contributed by atoms with Crippen LogP contribution < -0.4 is 10.5 Å². The minimum Gasteiger partial charge on any atom is -0.497 e. The maximum atomic E-state index is 6.08. The van der Waals surface area contributed by atoms with Gasteiger partial charge in [-0.25, -0.2) is 0 Å². The molecule has 2 N–H and O–H groups in total. The maximum absolute atomic E-state index is 6.08. The van der Waals surface area contributed by atoms with Gasteiger partial charge in [-0.05, 0) is 36.1 Å². The molecule has 1 aliphatic carbocycles. The van der Waals surface area contributed by atoms with Gasteiger partial charge in [0.15, 0.2) is 0 Å². The van der Waals surface area contributed by atoms with Crippen molar-refractivity contribution in [1.82, 2.24) is 0 Å². The van der Waals surface area contributed by atoms with Gasteiger partial charge in [-0.3, -0.25) is 0 Å². The van der Waals surface area contributed by atoms with Gasteiger partial charge in [0.2, 0.25) is 0 Å². The summed E-state index contributed by atoms with van der Waals surface area (Å²) in [6.07, 6.45) is 4.88. The van der Waals surface area contributed by atoms with E-state index in [1.165, 1.54) is 36.8 Å². The van der Waals surface area contributed by atoms with E-state index < -0.39 is 0 Å². The number of nitrogens with two attached hydrogens (primary N) is 1. The van der Waals surface area contributed by atoms with Gasteiger partial charge in [-0.2, -0.15) is 0 Å². The average Bonchev–Trinajstić information content (AvgIpc) is 2.89. The van der Waals surface area contributed by atoms with Crippen LogP contribution >= 0.6 is 0 Å². The number of hydrogen-bond donors (Lipinski definition) is 1. The lowest BCUT2D eigenvalue weighted by Crippen LogP contribution is -2.33. The van der Waals surface area contributed by atoms with E-state index in [1.807, 2.05) is 6.07 Å². The van der Waals surface area contributed by atoms with Gasteiger partial charge in [0.05, 0.1) is 13.7 Å². The van der Waals surface area contributed by atoms with Crippen molar-refractivity contribution in [2.45, 2.75) is 37.7 Å². The van der Waals surface area contributed by atoms with E-state index in [0.29, 0.717) is 13.2 Å². The lowest BCUT2D eigenvalue weighted by atomic mass is 9.76. The molecule has 0 amide bonds. The van der Waals surface area contributed by atoms with Crippen LogP contribution in [0.4, 0.5) is 0 Å². The van der Waals surface area contributed by atoms with Crippen LogP contribution in [0, 0.1) is 0 Å². The zero-order valence-electron chi connectivity index (χ0n) is 11.4. The fourth-order valence-corrected chi connectivity index (χ4v) is 3.09. The van der Waals surface area contributed by atoms with E-state index in [1.54, 1.807) is 14.2 Å². The molecule has 0 saturated heterocycles. The number of methoxy groups -OCH3 is 2. The van der Waals surface area contributed by atoms with Crippen molar-refractivity contribution < 1.29 is 9.47 Å². The summed E-state index contributed by atoms with van der Waals surface area (Å²) in [5, 5.41) is 0. The third-order valence-corrected chi connectivity index (χ3v) is 4.14. The molecular weight excluding hydrogens is 226 g/mol. The molecule has 1 aromatic rings. The van der Waals surface area contributed by atoms with Crippen LogP contribution in [0.25, 0.3) is 0 Å². The van der Waals surface area contributed by atoms with Crippen molar-refractivity contribution in [3.8, 4) is 5.75 Å². The molecule has 0 heterocycles. The van der Waals surface area contributed by atoms with Crippen molar-refractivity contribution in [3.63, 3.8) is 0 Å². The van der Waals surface area contributed by atoms with Crippen molar-refractivity contribution in [1.29, 1.82) is 0 Å². The van der Waals surface area contributed by atoms with Crippen LogP contribution in [-0.2, 0) is 16.8 Å². The highest BCUT2D eigenvalue weighted by Gasteiger charge is 2.36. The quantitative estimate of drug-likeness (QED) is 0.872. The molecule has 2 rings (SSSR count). The minimum atomic E-state index is 0.127. The van der Waals surface area contributed by atoms with Crippen LogP contribution in [0.15, 0.2) is 18.2 Å². The molecule has 1 aromatic carbocycles. The van der Waals surface area contributed by atoms with Crippen LogP contribution in [0.1, 0.15) is 36.8 Å². The predicted octanol–water partition coefficient (Wildman–Crippen LogP) is 2.61. The first-order valence-corrected chi connectivity index (χ1v) is 6.62. The van der Waals surface area contributed by atoms with Gasteiger partial charge in [-0.1, -0.05) is 18.9 Å². The Morgan fingerprint density at radius 1 is 1.22 bits per heavy atom. The van der Waals surface area contributed by atoms with Crippen molar-refractivity contribution >= 4 is 0 Å². The summed E-state index contributed by atoms with van der Waals surface area (Å²) in [7, 11) is 3.44. The van der Waals surface area contributed by atoms with Crippen LogP contribution in [0.5, 0.6) is 5.75 Å². The maximum Gasteiger partial charge on any atom is 0.119 e. The molecule has 0 unspecified atom stereocenters. The highest BCUT2D eigenvalue weighted by atomic mass is 16.5.